The number of nitrogens with zero attached hydrogens (tertiary/aromatic N) is 1. The Morgan fingerprint density at radius 1 is 0.960 bits per heavy atom. The summed E-state index contributed by atoms with van der Waals surface area (Å²) in [6.45, 7) is 0. The number of hydrogen-bond acceptors (Lipinski definition) is 3. The molecule has 0 amide bonds. The number of carbonyl (C=O) groups is 1. The first-order valence-corrected chi connectivity index (χ1v) is 8.07. The number of rotatable bonds is 3. The quantitative estimate of drug-likeness (QED) is 0.514. The number of anilines is 2. The van der Waals surface area contributed by atoms with Gasteiger partial charge in [0.05, 0.1) is 16.8 Å². The van der Waals surface area contributed by atoms with Crippen LogP contribution in [-0.4, -0.2) is 16.1 Å². The van der Waals surface area contributed by atoms with Gasteiger partial charge in [-0.25, -0.2) is 4.79 Å². The minimum absolute atomic E-state index is 0.220. The summed E-state index contributed by atoms with van der Waals surface area (Å²) in [4.78, 5) is 16.0. The molecule has 3 aromatic carbocycles. The molecule has 0 unspecified atom stereocenters. The van der Waals surface area contributed by atoms with E-state index in [0.29, 0.717) is 10.7 Å². The number of aromatic nitrogens is 1. The molecule has 1 aromatic heterocycles. The van der Waals surface area contributed by atoms with Gasteiger partial charge >= 0.3 is 5.97 Å². The summed E-state index contributed by atoms with van der Waals surface area (Å²) in [6.07, 6.45) is 1.67. The van der Waals surface area contributed by atoms with Gasteiger partial charge in [-0.2, -0.15) is 0 Å². The Hall–Kier alpha value is -3.11. The van der Waals surface area contributed by atoms with Gasteiger partial charge in [-0.1, -0.05) is 35.9 Å². The maximum atomic E-state index is 11.7. The van der Waals surface area contributed by atoms with Crippen LogP contribution in [0, 0.1) is 0 Å². The summed E-state index contributed by atoms with van der Waals surface area (Å²) < 4.78 is 0. The van der Waals surface area contributed by atoms with Crippen LogP contribution in [0.1, 0.15) is 10.4 Å². The molecular formula is C20H13ClN2O2. The minimum Gasteiger partial charge on any atom is -0.478 e. The van der Waals surface area contributed by atoms with Gasteiger partial charge in [-0.3, -0.25) is 4.98 Å². The number of carboxylic acid groups (broad SMARTS) is 1. The van der Waals surface area contributed by atoms with E-state index < -0.39 is 5.97 Å². The van der Waals surface area contributed by atoms with E-state index in [1.165, 1.54) is 0 Å². The van der Waals surface area contributed by atoms with Crippen LogP contribution in [0.15, 0.2) is 66.9 Å². The highest BCUT2D eigenvalue weighted by Crippen LogP contribution is 2.31. The Morgan fingerprint density at radius 2 is 1.72 bits per heavy atom. The van der Waals surface area contributed by atoms with E-state index >= 15 is 0 Å². The van der Waals surface area contributed by atoms with E-state index in [4.69, 9.17) is 11.6 Å². The van der Waals surface area contributed by atoms with Crippen LogP contribution in [0.2, 0.25) is 5.02 Å². The third-order valence-electron chi connectivity index (χ3n) is 4.09. The molecule has 0 aliphatic heterocycles. The lowest BCUT2D eigenvalue weighted by molar-refractivity contribution is 0.0698. The first kappa shape index (κ1) is 15.4. The predicted molar refractivity (Wildman–Crippen MR) is 101 cm³/mol. The van der Waals surface area contributed by atoms with Gasteiger partial charge in [-0.05, 0) is 47.2 Å². The van der Waals surface area contributed by atoms with E-state index in [0.717, 1.165) is 27.4 Å². The monoisotopic (exact) mass is 348 g/mol. The van der Waals surface area contributed by atoms with Gasteiger partial charge in [0, 0.05) is 22.3 Å². The van der Waals surface area contributed by atoms with Crippen molar-refractivity contribution in [2.75, 3.05) is 5.32 Å². The van der Waals surface area contributed by atoms with Crippen LogP contribution in [0.3, 0.4) is 0 Å². The lowest BCUT2D eigenvalue weighted by Crippen LogP contribution is -2.03. The SMILES string of the molecule is O=C(O)c1cc2ccccc2cc1Nc1ccnc2cc(Cl)ccc12. The van der Waals surface area contributed by atoms with Gasteiger partial charge in [-0.15, -0.1) is 0 Å². The molecule has 4 rings (SSSR count). The fourth-order valence-electron chi connectivity index (χ4n) is 2.90. The smallest absolute Gasteiger partial charge is 0.337 e. The van der Waals surface area contributed by atoms with E-state index in [1.807, 2.05) is 42.5 Å². The molecule has 0 aliphatic carbocycles. The third kappa shape index (κ3) is 2.88. The van der Waals surface area contributed by atoms with Crippen molar-refractivity contribution in [1.82, 2.24) is 4.98 Å². The van der Waals surface area contributed by atoms with Crippen LogP contribution in [-0.2, 0) is 0 Å². The van der Waals surface area contributed by atoms with Crippen molar-refractivity contribution < 1.29 is 9.90 Å². The second-order valence-corrected chi connectivity index (χ2v) is 6.13. The molecule has 0 atom stereocenters. The molecule has 4 aromatic rings. The van der Waals surface area contributed by atoms with E-state index in [1.54, 1.807) is 24.4 Å². The number of hydrogen-bond donors (Lipinski definition) is 2. The Balaban J connectivity index is 1.88. The lowest BCUT2D eigenvalue weighted by atomic mass is 10.0. The summed E-state index contributed by atoms with van der Waals surface area (Å²) in [5.41, 5.74) is 2.28. The molecule has 1 heterocycles. The molecule has 0 aliphatic rings. The average Bonchev–Trinajstić information content (AvgIpc) is 2.61. The number of nitrogens with one attached hydrogen (secondary N) is 1. The lowest BCUT2D eigenvalue weighted by Gasteiger charge is -2.13. The van der Waals surface area contributed by atoms with E-state index in [-0.39, 0.29) is 5.56 Å². The molecular weight excluding hydrogens is 336 g/mol. The molecule has 0 saturated heterocycles. The summed E-state index contributed by atoms with van der Waals surface area (Å²) in [7, 11) is 0. The zero-order valence-electron chi connectivity index (χ0n) is 13.0. The topological polar surface area (TPSA) is 62.2 Å². The molecule has 0 fully saturated rings. The molecule has 5 heteroatoms. The normalized spacial score (nSPS) is 10.9. The second-order valence-electron chi connectivity index (χ2n) is 5.70. The maximum Gasteiger partial charge on any atom is 0.337 e. The summed E-state index contributed by atoms with van der Waals surface area (Å²) in [6, 6.07) is 18.5. The number of benzene rings is 3. The Labute approximate surface area is 148 Å². The standard InChI is InChI=1S/C20H13ClN2O2/c21-14-5-6-15-17(7-8-22-18(15)11-14)23-19-10-13-4-2-1-3-12(13)9-16(19)20(24)25/h1-11H,(H,22,23)(H,24,25). The van der Waals surface area contributed by atoms with E-state index in [9.17, 15) is 9.90 Å². The minimum atomic E-state index is -0.977. The van der Waals surface area contributed by atoms with Crippen LogP contribution >= 0.6 is 11.6 Å². The van der Waals surface area contributed by atoms with Crippen molar-refractivity contribution in [3.8, 4) is 0 Å². The van der Waals surface area contributed by atoms with Crippen molar-refractivity contribution in [3.63, 3.8) is 0 Å². The van der Waals surface area contributed by atoms with Gasteiger partial charge in [0.1, 0.15) is 0 Å². The first-order valence-electron chi connectivity index (χ1n) is 7.69. The molecule has 2 N–H and O–H groups in total. The number of fused-ring (bicyclic) bond motifs is 2. The molecule has 0 bridgehead atoms. The van der Waals surface area contributed by atoms with Gasteiger partial charge in [0.2, 0.25) is 0 Å². The predicted octanol–water partition coefficient (Wildman–Crippen LogP) is 5.48. The number of aromatic carboxylic acids is 1. The Bertz CT molecular complexity index is 1130. The molecule has 4 nitrogen and oxygen atoms in total. The maximum absolute atomic E-state index is 11.7. The molecule has 0 radical (unpaired) electrons. The fraction of sp³-hybridized carbons (Fsp3) is 0. The van der Waals surface area contributed by atoms with Crippen molar-refractivity contribution in [3.05, 3.63) is 77.4 Å². The fourth-order valence-corrected chi connectivity index (χ4v) is 3.06. The van der Waals surface area contributed by atoms with Gasteiger partial charge in [0.15, 0.2) is 0 Å². The number of carboxylic acids is 1. The first-order chi connectivity index (χ1) is 12.1. The largest absolute Gasteiger partial charge is 0.478 e. The Morgan fingerprint density at radius 3 is 2.48 bits per heavy atom. The molecule has 0 saturated carbocycles. The van der Waals surface area contributed by atoms with Crippen LogP contribution in [0.25, 0.3) is 21.7 Å². The van der Waals surface area contributed by atoms with Crippen molar-refractivity contribution in [2.24, 2.45) is 0 Å². The summed E-state index contributed by atoms with van der Waals surface area (Å²) in [5.74, 6) is -0.977. The highest BCUT2D eigenvalue weighted by molar-refractivity contribution is 6.31. The van der Waals surface area contributed by atoms with Crippen LogP contribution in [0.4, 0.5) is 11.4 Å². The van der Waals surface area contributed by atoms with Gasteiger partial charge in [0.25, 0.3) is 0 Å². The molecule has 25 heavy (non-hydrogen) atoms. The van der Waals surface area contributed by atoms with Crippen molar-refractivity contribution in [2.45, 2.75) is 0 Å². The second kappa shape index (κ2) is 6.07. The number of halogens is 1. The van der Waals surface area contributed by atoms with E-state index in [2.05, 4.69) is 10.3 Å². The zero-order chi connectivity index (χ0) is 17.4. The average molecular weight is 349 g/mol. The molecule has 0 spiro atoms. The van der Waals surface area contributed by atoms with Crippen LogP contribution in [0.5, 0.6) is 0 Å². The zero-order valence-corrected chi connectivity index (χ0v) is 13.8. The highest BCUT2D eigenvalue weighted by Gasteiger charge is 2.13. The highest BCUT2D eigenvalue weighted by atomic mass is 35.5. The summed E-state index contributed by atoms with van der Waals surface area (Å²) in [5, 5.41) is 16.2. The van der Waals surface area contributed by atoms with Crippen molar-refractivity contribution >= 4 is 50.6 Å². The Kier molecular flexibility index (Phi) is 3.75. The van der Waals surface area contributed by atoms with Crippen molar-refractivity contribution in [1.29, 1.82) is 0 Å². The van der Waals surface area contributed by atoms with Crippen LogP contribution < -0.4 is 5.32 Å². The third-order valence-corrected chi connectivity index (χ3v) is 4.33. The number of pyridine rings is 1. The van der Waals surface area contributed by atoms with Gasteiger partial charge < -0.3 is 10.4 Å². The molecule has 122 valence electrons. The summed E-state index contributed by atoms with van der Waals surface area (Å²) >= 11 is 6.03.